The summed E-state index contributed by atoms with van der Waals surface area (Å²) in [6.45, 7) is 3.72. The summed E-state index contributed by atoms with van der Waals surface area (Å²) in [5.74, 6) is 1.68. The average molecular weight is 348 g/mol. The second-order valence-electron chi connectivity index (χ2n) is 6.34. The summed E-state index contributed by atoms with van der Waals surface area (Å²) in [4.78, 5) is 10.3. The highest BCUT2D eigenvalue weighted by molar-refractivity contribution is 5.72. The summed E-state index contributed by atoms with van der Waals surface area (Å²) in [5, 5.41) is 10.5. The molecule has 0 saturated heterocycles. The lowest BCUT2D eigenvalue weighted by atomic mass is 9.98. The van der Waals surface area contributed by atoms with Crippen LogP contribution in [0.2, 0.25) is 0 Å². The van der Waals surface area contributed by atoms with Crippen molar-refractivity contribution in [3.05, 3.63) is 59.8 Å². The number of nitrogens with zero attached hydrogens (tertiary/aromatic N) is 3. The molecule has 3 N–H and O–H groups in total. The molecule has 1 aliphatic rings. The number of phenolic OH excluding ortho intramolecular Hbond substituents is 1. The molecule has 6 heteroatoms. The summed E-state index contributed by atoms with van der Waals surface area (Å²) in [6, 6.07) is 13.8. The lowest BCUT2D eigenvalue weighted by molar-refractivity contribution is 0.311. The number of benzene rings is 2. The third kappa shape index (κ3) is 3.01. The molecule has 2 heterocycles. The molecule has 4 rings (SSSR count). The van der Waals surface area contributed by atoms with Crippen LogP contribution in [0.1, 0.15) is 11.1 Å². The Hall–Kier alpha value is -3.28. The average Bonchev–Trinajstić information content (AvgIpc) is 2.85. The molecule has 0 unspecified atom stereocenters. The molecule has 0 bridgehead atoms. The van der Waals surface area contributed by atoms with Crippen LogP contribution < -0.4 is 15.4 Å². The van der Waals surface area contributed by atoms with E-state index in [1.165, 1.54) is 0 Å². The molecule has 0 spiro atoms. The number of nitrogens with two attached hydrogens (primary N) is 1. The molecule has 0 amide bonds. The minimum atomic E-state index is 0.157. The smallest absolute Gasteiger partial charge is 0.221 e. The van der Waals surface area contributed by atoms with Crippen molar-refractivity contribution in [2.75, 3.05) is 23.8 Å². The molecular weight excluding hydrogens is 328 g/mol. The number of anilines is 2. The first-order valence-corrected chi connectivity index (χ1v) is 8.50. The van der Waals surface area contributed by atoms with Gasteiger partial charge in [-0.05, 0) is 41.8 Å². The minimum Gasteiger partial charge on any atom is -0.504 e. The molecule has 0 atom stereocenters. The van der Waals surface area contributed by atoms with Gasteiger partial charge in [-0.15, -0.1) is 0 Å². The van der Waals surface area contributed by atoms with Crippen LogP contribution in [0.25, 0.3) is 11.1 Å². The molecule has 1 aromatic heterocycles. The fourth-order valence-electron chi connectivity index (χ4n) is 3.29. The number of hydrogen-bond acceptors (Lipinski definition) is 6. The van der Waals surface area contributed by atoms with Gasteiger partial charge >= 0.3 is 0 Å². The molecule has 3 aromatic rings. The largest absolute Gasteiger partial charge is 0.504 e. The van der Waals surface area contributed by atoms with Crippen LogP contribution in [0.15, 0.2) is 48.7 Å². The highest BCUT2D eigenvalue weighted by Gasteiger charge is 2.21. The Morgan fingerprint density at radius 1 is 1.19 bits per heavy atom. The predicted molar refractivity (Wildman–Crippen MR) is 101 cm³/mol. The zero-order valence-corrected chi connectivity index (χ0v) is 14.5. The van der Waals surface area contributed by atoms with Gasteiger partial charge in [-0.25, -0.2) is 4.98 Å². The summed E-state index contributed by atoms with van der Waals surface area (Å²) in [6.07, 6.45) is 1.64. The van der Waals surface area contributed by atoms with Crippen molar-refractivity contribution >= 4 is 11.8 Å². The first kappa shape index (κ1) is 16.2. The van der Waals surface area contributed by atoms with Crippen molar-refractivity contribution in [2.24, 2.45) is 0 Å². The van der Waals surface area contributed by atoms with Gasteiger partial charge in [0.15, 0.2) is 11.5 Å². The molecule has 132 valence electrons. The van der Waals surface area contributed by atoms with Crippen LogP contribution in [0.5, 0.6) is 11.5 Å². The second kappa shape index (κ2) is 6.55. The Morgan fingerprint density at radius 3 is 2.85 bits per heavy atom. The molecule has 0 aliphatic carbocycles. The van der Waals surface area contributed by atoms with Gasteiger partial charge in [0, 0.05) is 18.3 Å². The zero-order chi connectivity index (χ0) is 18.1. The minimum absolute atomic E-state index is 0.157. The number of aryl methyl sites for hydroxylation is 1. The maximum Gasteiger partial charge on any atom is 0.221 e. The third-order valence-electron chi connectivity index (χ3n) is 4.55. The SMILES string of the molecule is Cc1ccccc1-c1cc(O)c2c(c1)CN(c1ccnc(N)n1)CCO2. The standard InChI is InChI=1S/C20H20N4O2/c1-13-4-2-3-5-16(13)14-10-15-12-24(18-6-7-22-20(21)23-18)8-9-26-19(15)17(25)11-14/h2-7,10-11,25H,8-9,12H2,1H3,(H2,21,22,23). The molecule has 1 aliphatic heterocycles. The fourth-order valence-corrected chi connectivity index (χ4v) is 3.29. The molecule has 0 saturated carbocycles. The predicted octanol–water partition coefficient (Wildman–Crippen LogP) is 3.14. The molecule has 2 aromatic carbocycles. The third-order valence-corrected chi connectivity index (χ3v) is 4.55. The first-order chi connectivity index (χ1) is 12.6. The number of rotatable bonds is 2. The van der Waals surface area contributed by atoms with Crippen molar-refractivity contribution in [2.45, 2.75) is 13.5 Å². The number of aromatic nitrogens is 2. The second-order valence-corrected chi connectivity index (χ2v) is 6.34. The summed E-state index contributed by atoms with van der Waals surface area (Å²) < 4.78 is 5.82. The highest BCUT2D eigenvalue weighted by Crippen LogP contribution is 2.38. The monoisotopic (exact) mass is 348 g/mol. The number of fused-ring (bicyclic) bond motifs is 1. The van der Waals surface area contributed by atoms with E-state index in [0.717, 1.165) is 28.1 Å². The van der Waals surface area contributed by atoms with Gasteiger partial charge in [0.25, 0.3) is 0 Å². The van der Waals surface area contributed by atoms with E-state index >= 15 is 0 Å². The van der Waals surface area contributed by atoms with Gasteiger partial charge in [-0.1, -0.05) is 24.3 Å². The molecule has 0 fully saturated rings. The molecular formula is C20H20N4O2. The number of hydrogen-bond donors (Lipinski definition) is 2. The molecule has 26 heavy (non-hydrogen) atoms. The van der Waals surface area contributed by atoms with Crippen LogP contribution >= 0.6 is 0 Å². The first-order valence-electron chi connectivity index (χ1n) is 8.50. The van der Waals surface area contributed by atoms with E-state index in [2.05, 4.69) is 40.0 Å². The van der Waals surface area contributed by atoms with Gasteiger partial charge in [-0.2, -0.15) is 4.98 Å². The Morgan fingerprint density at radius 2 is 2.04 bits per heavy atom. The number of aromatic hydroxyl groups is 1. The van der Waals surface area contributed by atoms with Gasteiger partial charge in [-0.3, -0.25) is 0 Å². The maximum absolute atomic E-state index is 10.5. The van der Waals surface area contributed by atoms with E-state index in [4.69, 9.17) is 10.5 Å². The van der Waals surface area contributed by atoms with Crippen LogP contribution in [0.3, 0.4) is 0 Å². The lowest BCUT2D eigenvalue weighted by Crippen LogP contribution is -2.26. The number of ether oxygens (including phenoxy) is 1. The van der Waals surface area contributed by atoms with E-state index in [-0.39, 0.29) is 11.7 Å². The number of phenols is 1. The van der Waals surface area contributed by atoms with Crippen molar-refractivity contribution in [3.63, 3.8) is 0 Å². The van der Waals surface area contributed by atoms with Gasteiger partial charge in [0.2, 0.25) is 5.95 Å². The summed E-state index contributed by atoms with van der Waals surface area (Å²) >= 11 is 0. The van der Waals surface area contributed by atoms with Crippen molar-refractivity contribution < 1.29 is 9.84 Å². The fraction of sp³-hybridized carbons (Fsp3) is 0.200. The molecule has 0 radical (unpaired) electrons. The Kier molecular flexibility index (Phi) is 4.08. The van der Waals surface area contributed by atoms with Crippen molar-refractivity contribution in [1.29, 1.82) is 0 Å². The van der Waals surface area contributed by atoms with Crippen LogP contribution in [-0.4, -0.2) is 28.2 Å². The zero-order valence-electron chi connectivity index (χ0n) is 14.5. The maximum atomic E-state index is 10.5. The van der Waals surface area contributed by atoms with E-state index < -0.39 is 0 Å². The van der Waals surface area contributed by atoms with Crippen molar-refractivity contribution in [1.82, 2.24) is 9.97 Å². The van der Waals surface area contributed by atoms with E-state index in [1.54, 1.807) is 12.3 Å². The quantitative estimate of drug-likeness (QED) is 0.740. The Bertz CT molecular complexity index is 958. The van der Waals surface area contributed by atoms with Crippen LogP contribution in [-0.2, 0) is 6.54 Å². The van der Waals surface area contributed by atoms with Gasteiger partial charge < -0.3 is 20.5 Å². The van der Waals surface area contributed by atoms with Crippen molar-refractivity contribution in [3.8, 4) is 22.6 Å². The summed E-state index contributed by atoms with van der Waals surface area (Å²) in [7, 11) is 0. The summed E-state index contributed by atoms with van der Waals surface area (Å²) in [5.41, 5.74) is 9.84. The van der Waals surface area contributed by atoms with E-state index in [0.29, 0.717) is 25.4 Å². The van der Waals surface area contributed by atoms with Crippen LogP contribution in [0.4, 0.5) is 11.8 Å². The lowest BCUT2D eigenvalue weighted by Gasteiger charge is -2.21. The van der Waals surface area contributed by atoms with Crippen LogP contribution in [0, 0.1) is 6.92 Å². The number of nitrogen functional groups attached to an aromatic ring is 1. The van der Waals surface area contributed by atoms with E-state index in [9.17, 15) is 5.11 Å². The van der Waals surface area contributed by atoms with E-state index in [1.807, 2.05) is 18.2 Å². The normalized spacial score (nSPS) is 13.7. The Labute approximate surface area is 151 Å². The van der Waals surface area contributed by atoms with Gasteiger partial charge in [0.05, 0.1) is 6.54 Å². The topological polar surface area (TPSA) is 84.5 Å². The van der Waals surface area contributed by atoms with Gasteiger partial charge in [0.1, 0.15) is 12.4 Å². The Balaban J connectivity index is 1.76. The molecule has 6 nitrogen and oxygen atoms in total. The highest BCUT2D eigenvalue weighted by atomic mass is 16.5.